The van der Waals surface area contributed by atoms with Crippen LogP contribution >= 0.6 is 0 Å². The van der Waals surface area contributed by atoms with E-state index >= 15 is 0 Å². The third-order valence-electron chi connectivity index (χ3n) is 1.92. The number of amides is 1. The van der Waals surface area contributed by atoms with E-state index in [2.05, 4.69) is 5.32 Å². The van der Waals surface area contributed by atoms with Crippen LogP contribution in [-0.2, 0) is 4.79 Å². The summed E-state index contributed by atoms with van der Waals surface area (Å²) in [5.74, 6) is 0.514. The maximum Gasteiger partial charge on any atom is 0.221 e. The van der Waals surface area contributed by atoms with Crippen molar-refractivity contribution in [3.8, 4) is 11.8 Å². The second-order valence-electron chi connectivity index (χ2n) is 3.10. The van der Waals surface area contributed by atoms with E-state index < -0.39 is 0 Å². The lowest BCUT2D eigenvalue weighted by atomic mass is 10.1. The number of rotatable bonds is 3. The van der Waals surface area contributed by atoms with Crippen molar-refractivity contribution in [1.29, 1.82) is 5.26 Å². The second-order valence-corrected chi connectivity index (χ2v) is 3.10. The Morgan fingerprint density at radius 3 is 2.50 bits per heavy atom. The fourth-order valence-electron chi connectivity index (χ4n) is 1.22. The van der Waals surface area contributed by atoms with Crippen molar-refractivity contribution in [3.63, 3.8) is 0 Å². The van der Waals surface area contributed by atoms with Crippen molar-refractivity contribution < 1.29 is 9.53 Å². The molecule has 0 saturated carbocycles. The Labute approximate surface area is 94.1 Å². The zero-order valence-electron chi connectivity index (χ0n) is 9.15. The van der Waals surface area contributed by atoms with E-state index in [9.17, 15) is 4.79 Å². The minimum atomic E-state index is -0.211. The van der Waals surface area contributed by atoms with Crippen LogP contribution in [0.5, 0.6) is 5.75 Å². The summed E-state index contributed by atoms with van der Waals surface area (Å²) >= 11 is 0. The Kier molecular flexibility index (Phi) is 4.10. The molecule has 0 saturated heterocycles. The molecule has 4 heteroatoms. The Morgan fingerprint density at radius 2 is 2.06 bits per heavy atom. The number of hydrogen-bond acceptors (Lipinski definition) is 3. The highest BCUT2D eigenvalue weighted by atomic mass is 16.5. The highest BCUT2D eigenvalue weighted by Crippen LogP contribution is 2.16. The quantitative estimate of drug-likeness (QED) is 0.782. The van der Waals surface area contributed by atoms with E-state index in [0.717, 1.165) is 11.3 Å². The lowest BCUT2D eigenvalue weighted by Crippen LogP contribution is -2.17. The number of nitriles is 1. The molecule has 1 amide bonds. The van der Waals surface area contributed by atoms with Crippen LogP contribution in [0, 0.1) is 11.3 Å². The first-order chi connectivity index (χ1) is 7.67. The highest BCUT2D eigenvalue weighted by molar-refractivity contribution is 5.85. The normalized spacial score (nSPS) is 10.4. The summed E-state index contributed by atoms with van der Waals surface area (Å²) in [6.45, 7) is 1.40. The van der Waals surface area contributed by atoms with E-state index in [-0.39, 0.29) is 5.91 Å². The van der Waals surface area contributed by atoms with Gasteiger partial charge in [0.05, 0.1) is 18.9 Å². The van der Waals surface area contributed by atoms with E-state index in [4.69, 9.17) is 10.00 Å². The molecule has 4 nitrogen and oxygen atoms in total. The Balaban J connectivity index is 2.98. The SMILES string of the molecule is COc1ccc(/C(=C\C#N)NC(C)=O)cc1. The van der Waals surface area contributed by atoms with Crippen molar-refractivity contribution in [2.45, 2.75) is 6.92 Å². The van der Waals surface area contributed by atoms with Gasteiger partial charge in [-0.05, 0) is 29.8 Å². The number of ether oxygens (including phenoxy) is 1. The van der Waals surface area contributed by atoms with Crippen LogP contribution in [0.1, 0.15) is 12.5 Å². The zero-order valence-corrected chi connectivity index (χ0v) is 9.15. The molecule has 16 heavy (non-hydrogen) atoms. The first-order valence-electron chi connectivity index (χ1n) is 4.69. The topological polar surface area (TPSA) is 62.1 Å². The Bertz CT molecular complexity index is 441. The number of carbonyl (C=O) groups is 1. The molecule has 0 spiro atoms. The fourth-order valence-corrected chi connectivity index (χ4v) is 1.22. The average Bonchev–Trinajstić information content (AvgIpc) is 2.28. The van der Waals surface area contributed by atoms with Crippen LogP contribution in [0.4, 0.5) is 0 Å². The van der Waals surface area contributed by atoms with Gasteiger partial charge in [0.2, 0.25) is 5.91 Å². The van der Waals surface area contributed by atoms with Crippen molar-refractivity contribution in [2.75, 3.05) is 7.11 Å². The summed E-state index contributed by atoms with van der Waals surface area (Å²) in [5, 5.41) is 11.2. The van der Waals surface area contributed by atoms with Crippen molar-refractivity contribution in [1.82, 2.24) is 5.32 Å². The number of hydrogen-bond donors (Lipinski definition) is 1. The monoisotopic (exact) mass is 216 g/mol. The molecule has 1 aromatic rings. The molecule has 1 N–H and O–H groups in total. The molecule has 0 heterocycles. The molecule has 1 aromatic carbocycles. The van der Waals surface area contributed by atoms with Gasteiger partial charge in [-0.15, -0.1) is 0 Å². The lowest BCUT2D eigenvalue weighted by molar-refractivity contribution is -0.117. The molecule has 0 bridgehead atoms. The third kappa shape index (κ3) is 3.14. The first kappa shape index (κ1) is 11.8. The van der Waals surface area contributed by atoms with Gasteiger partial charge in [-0.2, -0.15) is 5.26 Å². The Morgan fingerprint density at radius 1 is 1.44 bits per heavy atom. The van der Waals surface area contributed by atoms with Crippen molar-refractivity contribution in [2.24, 2.45) is 0 Å². The number of allylic oxidation sites excluding steroid dienone is 1. The molecule has 0 fully saturated rings. The molecule has 0 aliphatic carbocycles. The number of benzene rings is 1. The smallest absolute Gasteiger partial charge is 0.221 e. The van der Waals surface area contributed by atoms with Gasteiger partial charge >= 0.3 is 0 Å². The van der Waals surface area contributed by atoms with Crippen molar-refractivity contribution in [3.05, 3.63) is 35.9 Å². The summed E-state index contributed by atoms with van der Waals surface area (Å²) in [5.41, 5.74) is 1.25. The number of carbonyl (C=O) groups excluding carboxylic acids is 1. The molecule has 0 radical (unpaired) electrons. The molecular weight excluding hydrogens is 204 g/mol. The predicted molar refractivity (Wildman–Crippen MR) is 60.4 cm³/mol. The molecule has 82 valence electrons. The number of nitrogens with zero attached hydrogens (tertiary/aromatic N) is 1. The second kappa shape index (κ2) is 5.56. The summed E-state index contributed by atoms with van der Waals surface area (Å²) in [7, 11) is 1.58. The third-order valence-corrected chi connectivity index (χ3v) is 1.92. The summed E-state index contributed by atoms with van der Waals surface area (Å²) < 4.78 is 5.02. The van der Waals surface area contributed by atoms with Crippen LogP contribution in [-0.4, -0.2) is 13.0 Å². The van der Waals surface area contributed by atoms with E-state index in [1.54, 1.807) is 31.4 Å². The lowest BCUT2D eigenvalue weighted by Gasteiger charge is -2.07. The zero-order chi connectivity index (χ0) is 12.0. The maximum absolute atomic E-state index is 10.9. The molecule has 0 unspecified atom stereocenters. The summed E-state index contributed by atoms with van der Waals surface area (Å²) in [6, 6.07) is 8.98. The van der Waals surface area contributed by atoms with Gasteiger partial charge in [-0.25, -0.2) is 0 Å². The largest absolute Gasteiger partial charge is 0.497 e. The standard InChI is InChI=1S/C12H12N2O2/c1-9(15)14-12(7-8-13)10-3-5-11(16-2)6-4-10/h3-7H,1-2H3,(H,14,15)/b12-7+. The molecule has 0 aliphatic heterocycles. The van der Waals surface area contributed by atoms with Gasteiger partial charge in [0.15, 0.2) is 0 Å². The highest BCUT2D eigenvalue weighted by Gasteiger charge is 2.03. The predicted octanol–water partition coefficient (Wildman–Crippen LogP) is 1.70. The van der Waals surface area contributed by atoms with Crippen LogP contribution < -0.4 is 10.1 Å². The van der Waals surface area contributed by atoms with E-state index in [1.165, 1.54) is 13.0 Å². The number of methoxy groups -OCH3 is 1. The molecule has 0 aliphatic rings. The molecular formula is C12H12N2O2. The van der Waals surface area contributed by atoms with Crippen molar-refractivity contribution >= 4 is 11.6 Å². The summed E-state index contributed by atoms with van der Waals surface area (Å²) in [6.07, 6.45) is 1.29. The van der Waals surface area contributed by atoms with Gasteiger partial charge in [0.1, 0.15) is 5.75 Å². The van der Waals surface area contributed by atoms with Crippen LogP contribution in [0.3, 0.4) is 0 Å². The minimum absolute atomic E-state index is 0.211. The summed E-state index contributed by atoms with van der Waals surface area (Å²) in [4.78, 5) is 10.9. The minimum Gasteiger partial charge on any atom is -0.497 e. The fraction of sp³-hybridized carbons (Fsp3) is 0.167. The van der Waals surface area contributed by atoms with Gasteiger partial charge < -0.3 is 10.1 Å². The van der Waals surface area contributed by atoms with Crippen LogP contribution in [0.15, 0.2) is 30.3 Å². The molecule has 0 atom stereocenters. The van der Waals surface area contributed by atoms with Crippen LogP contribution in [0.2, 0.25) is 0 Å². The van der Waals surface area contributed by atoms with Gasteiger partial charge in [0.25, 0.3) is 0 Å². The van der Waals surface area contributed by atoms with E-state index in [0.29, 0.717) is 5.70 Å². The van der Waals surface area contributed by atoms with Gasteiger partial charge in [-0.1, -0.05) is 0 Å². The van der Waals surface area contributed by atoms with E-state index in [1.807, 2.05) is 6.07 Å². The maximum atomic E-state index is 10.9. The Hall–Kier alpha value is -2.28. The molecule has 0 aromatic heterocycles. The van der Waals surface area contributed by atoms with Gasteiger partial charge in [0, 0.05) is 13.0 Å². The molecule has 1 rings (SSSR count). The number of nitrogens with one attached hydrogen (secondary N) is 1. The first-order valence-corrected chi connectivity index (χ1v) is 4.69. The van der Waals surface area contributed by atoms with Gasteiger partial charge in [-0.3, -0.25) is 4.79 Å². The average molecular weight is 216 g/mol. The van der Waals surface area contributed by atoms with Crippen LogP contribution in [0.25, 0.3) is 5.70 Å².